The number of carbonyl (C=O) groups is 2. The molecule has 0 aromatic rings. The van der Waals surface area contributed by atoms with Gasteiger partial charge < -0.3 is 15.0 Å². The van der Waals surface area contributed by atoms with Gasteiger partial charge in [-0.05, 0) is 52.9 Å². The maximum Gasteiger partial charge on any atom is 0.411 e. The highest BCUT2D eigenvalue weighted by molar-refractivity contribution is 5.87. The van der Waals surface area contributed by atoms with Crippen LogP contribution in [0.4, 0.5) is 4.79 Å². The number of rotatable bonds is 3. The van der Waals surface area contributed by atoms with Gasteiger partial charge in [-0.2, -0.15) is 5.26 Å². The second-order valence-electron chi connectivity index (χ2n) is 9.40. The van der Waals surface area contributed by atoms with Crippen LogP contribution in [0.5, 0.6) is 0 Å². The predicted octanol–water partition coefficient (Wildman–Crippen LogP) is 2.80. The van der Waals surface area contributed by atoms with E-state index in [9.17, 15) is 14.9 Å². The Labute approximate surface area is 168 Å². The lowest BCUT2D eigenvalue weighted by Crippen LogP contribution is -2.50. The highest BCUT2D eigenvalue weighted by atomic mass is 16.6. The van der Waals surface area contributed by atoms with Crippen molar-refractivity contribution in [1.29, 1.82) is 5.26 Å². The van der Waals surface area contributed by atoms with Crippen LogP contribution in [-0.2, 0) is 9.53 Å². The summed E-state index contributed by atoms with van der Waals surface area (Å²) < 4.78 is 5.58. The van der Waals surface area contributed by atoms with Crippen molar-refractivity contribution >= 4 is 12.0 Å². The number of nitriles is 1. The van der Waals surface area contributed by atoms with Crippen molar-refractivity contribution in [2.24, 2.45) is 0 Å². The molecule has 7 heteroatoms. The van der Waals surface area contributed by atoms with E-state index in [1.165, 1.54) is 19.3 Å². The predicted molar refractivity (Wildman–Crippen MR) is 105 cm³/mol. The fourth-order valence-electron chi connectivity index (χ4n) is 4.67. The molecule has 7 nitrogen and oxygen atoms in total. The van der Waals surface area contributed by atoms with Crippen molar-refractivity contribution in [2.75, 3.05) is 13.1 Å². The molecule has 0 spiro atoms. The van der Waals surface area contributed by atoms with Gasteiger partial charge in [0.05, 0.1) is 6.07 Å². The number of nitrogens with one attached hydrogen (secondary N) is 1. The molecule has 1 aliphatic carbocycles. The Morgan fingerprint density at radius 3 is 2.39 bits per heavy atom. The van der Waals surface area contributed by atoms with Gasteiger partial charge in [0.1, 0.15) is 17.7 Å². The smallest absolute Gasteiger partial charge is 0.411 e. The van der Waals surface area contributed by atoms with E-state index in [1.807, 2.05) is 20.8 Å². The van der Waals surface area contributed by atoms with E-state index in [4.69, 9.17) is 4.74 Å². The van der Waals surface area contributed by atoms with E-state index in [0.717, 1.165) is 19.3 Å². The molecule has 1 saturated carbocycles. The molecule has 2 heterocycles. The quantitative estimate of drug-likeness (QED) is 0.801. The third-order valence-electron chi connectivity index (χ3n) is 5.98. The lowest BCUT2D eigenvalue weighted by molar-refractivity contribution is -0.135. The topological polar surface area (TPSA) is 85.7 Å². The highest BCUT2D eigenvalue weighted by Gasteiger charge is 2.45. The monoisotopic (exact) mass is 390 g/mol. The lowest BCUT2D eigenvalue weighted by Gasteiger charge is -2.31. The van der Waals surface area contributed by atoms with Crippen LogP contribution in [0.15, 0.2) is 0 Å². The number of carbonyl (C=O) groups excluding carboxylic acids is 2. The number of hydrogen-bond donors (Lipinski definition) is 1. The zero-order valence-electron chi connectivity index (χ0n) is 17.4. The van der Waals surface area contributed by atoms with E-state index in [2.05, 4.69) is 11.4 Å². The van der Waals surface area contributed by atoms with Gasteiger partial charge in [-0.25, -0.2) is 4.79 Å². The van der Waals surface area contributed by atoms with Crippen LogP contribution in [-0.4, -0.2) is 64.7 Å². The summed E-state index contributed by atoms with van der Waals surface area (Å²) in [4.78, 5) is 29.3. The maximum absolute atomic E-state index is 13.2. The first-order valence-corrected chi connectivity index (χ1v) is 10.7. The molecule has 1 N–H and O–H groups in total. The molecule has 3 fully saturated rings. The minimum absolute atomic E-state index is 0.0905. The zero-order chi connectivity index (χ0) is 20.3. The van der Waals surface area contributed by atoms with E-state index in [0.29, 0.717) is 32.0 Å². The van der Waals surface area contributed by atoms with Crippen molar-refractivity contribution < 1.29 is 14.3 Å². The van der Waals surface area contributed by atoms with Crippen LogP contribution in [0.3, 0.4) is 0 Å². The number of hydrogen-bond acceptors (Lipinski definition) is 5. The minimum atomic E-state index is -0.609. The standard InChI is InChI=1S/C21H34N4O3/c1-21(2,3)28-20(27)25-14-16(23-15-8-5-4-6-9-15)12-18(25)19(26)24-11-7-10-17(24)13-22/h15-18,23H,4-12,14H2,1-3H3/t16?,17-,18?/m0/s1. The Morgan fingerprint density at radius 1 is 1.04 bits per heavy atom. The van der Waals surface area contributed by atoms with Crippen LogP contribution >= 0.6 is 0 Å². The Bertz CT molecular complexity index is 618. The first-order valence-electron chi connectivity index (χ1n) is 10.7. The third kappa shape index (κ3) is 4.96. The average molecular weight is 391 g/mol. The lowest BCUT2D eigenvalue weighted by atomic mass is 9.94. The molecule has 2 unspecified atom stereocenters. The summed E-state index contributed by atoms with van der Waals surface area (Å²) in [5.41, 5.74) is -0.609. The summed E-state index contributed by atoms with van der Waals surface area (Å²) in [5, 5.41) is 13.0. The van der Waals surface area contributed by atoms with E-state index in [-0.39, 0.29) is 18.0 Å². The highest BCUT2D eigenvalue weighted by Crippen LogP contribution is 2.28. The summed E-state index contributed by atoms with van der Waals surface area (Å²) in [5.74, 6) is -0.108. The molecule has 2 aliphatic heterocycles. The summed E-state index contributed by atoms with van der Waals surface area (Å²) in [6.45, 7) is 6.58. The average Bonchev–Trinajstić information content (AvgIpc) is 3.27. The van der Waals surface area contributed by atoms with Crippen molar-refractivity contribution in [3.63, 3.8) is 0 Å². The third-order valence-corrected chi connectivity index (χ3v) is 5.98. The summed E-state index contributed by atoms with van der Waals surface area (Å²) >= 11 is 0. The molecule has 0 radical (unpaired) electrons. The van der Waals surface area contributed by atoms with Gasteiger partial charge >= 0.3 is 6.09 Å². The SMILES string of the molecule is CC(C)(C)OC(=O)N1CC(NC2CCCCC2)CC1C(=O)N1CCC[C@H]1C#N. The van der Waals surface area contributed by atoms with Gasteiger partial charge in [0, 0.05) is 25.2 Å². The van der Waals surface area contributed by atoms with Crippen molar-refractivity contribution in [1.82, 2.24) is 15.1 Å². The summed E-state index contributed by atoms with van der Waals surface area (Å²) in [7, 11) is 0. The number of amides is 2. The summed E-state index contributed by atoms with van der Waals surface area (Å²) in [6.07, 6.45) is 7.78. The van der Waals surface area contributed by atoms with Gasteiger partial charge in [-0.1, -0.05) is 19.3 Å². The van der Waals surface area contributed by atoms with Crippen LogP contribution in [0.25, 0.3) is 0 Å². The molecular weight excluding hydrogens is 356 g/mol. The molecular formula is C21H34N4O3. The second-order valence-corrected chi connectivity index (χ2v) is 9.40. The normalized spacial score (nSPS) is 29.0. The van der Waals surface area contributed by atoms with Crippen LogP contribution in [0.1, 0.15) is 72.1 Å². The molecule has 3 atom stereocenters. The molecule has 28 heavy (non-hydrogen) atoms. The van der Waals surface area contributed by atoms with Gasteiger partial charge in [0.2, 0.25) is 5.91 Å². The molecule has 0 aromatic carbocycles. The molecule has 3 rings (SSSR count). The Morgan fingerprint density at radius 2 is 1.75 bits per heavy atom. The zero-order valence-corrected chi connectivity index (χ0v) is 17.4. The van der Waals surface area contributed by atoms with Crippen LogP contribution in [0.2, 0.25) is 0 Å². The Kier molecular flexibility index (Phi) is 6.49. The Balaban J connectivity index is 1.72. The van der Waals surface area contributed by atoms with Gasteiger partial charge in [-0.3, -0.25) is 9.69 Å². The molecule has 0 bridgehead atoms. The van der Waals surface area contributed by atoms with Gasteiger partial charge in [-0.15, -0.1) is 0 Å². The Hall–Kier alpha value is -1.81. The fourth-order valence-corrected chi connectivity index (χ4v) is 4.67. The maximum atomic E-state index is 13.2. The second kappa shape index (κ2) is 8.69. The fraction of sp³-hybridized carbons (Fsp3) is 0.857. The molecule has 2 amide bonds. The van der Waals surface area contributed by atoms with E-state index in [1.54, 1.807) is 9.80 Å². The van der Waals surface area contributed by atoms with Crippen molar-refractivity contribution in [2.45, 2.75) is 102 Å². The molecule has 3 aliphatic rings. The molecule has 2 saturated heterocycles. The summed E-state index contributed by atoms with van der Waals surface area (Å²) in [6, 6.07) is 1.86. The van der Waals surface area contributed by atoms with Crippen molar-refractivity contribution in [3.8, 4) is 6.07 Å². The number of nitrogens with zero attached hydrogens (tertiary/aromatic N) is 3. The number of likely N-dealkylation sites (tertiary alicyclic amines) is 2. The van der Waals surface area contributed by atoms with Crippen LogP contribution < -0.4 is 5.32 Å². The first-order chi connectivity index (χ1) is 13.3. The molecule has 0 aromatic heterocycles. The first kappa shape index (κ1) is 20.9. The largest absolute Gasteiger partial charge is 0.444 e. The van der Waals surface area contributed by atoms with E-state index >= 15 is 0 Å². The molecule has 156 valence electrons. The van der Waals surface area contributed by atoms with Gasteiger partial charge in [0.25, 0.3) is 0 Å². The van der Waals surface area contributed by atoms with Gasteiger partial charge in [0.15, 0.2) is 0 Å². The minimum Gasteiger partial charge on any atom is -0.444 e. The van der Waals surface area contributed by atoms with E-state index < -0.39 is 17.7 Å². The number of ether oxygens (including phenoxy) is 1. The van der Waals surface area contributed by atoms with Crippen LogP contribution in [0, 0.1) is 11.3 Å². The van der Waals surface area contributed by atoms with Crippen molar-refractivity contribution in [3.05, 3.63) is 0 Å².